The molecule has 2 aromatic rings. The van der Waals surface area contributed by atoms with Crippen molar-refractivity contribution in [2.45, 2.75) is 23.7 Å². The van der Waals surface area contributed by atoms with E-state index >= 15 is 0 Å². The molecule has 0 atom stereocenters. The number of thiophene rings is 1. The summed E-state index contributed by atoms with van der Waals surface area (Å²) in [5, 5.41) is 1.79. The Hall–Kier alpha value is -0.700. The van der Waals surface area contributed by atoms with Crippen LogP contribution in [0.15, 0.2) is 34.1 Å². The summed E-state index contributed by atoms with van der Waals surface area (Å²) in [5.74, 6) is 0. The van der Waals surface area contributed by atoms with E-state index in [1.54, 1.807) is 28.0 Å². The first-order valence-corrected chi connectivity index (χ1v) is 9.43. The van der Waals surface area contributed by atoms with Gasteiger partial charge in [-0.05, 0) is 48.7 Å². The van der Waals surface area contributed by atoms with Gasteiger partial charge in [-0.15, -0.1) is 36.2 Å². The average molecular weight is 410 g/mol. The largest absolute Gasteiger partial charge is 0.305 e. The van der Waals surface area contributed by atoms with Crippen molar-refractivity contribution in [1.29, 1.82) is 0 Å². The molecular weight excluding hydrogens is 389 g/mol. The second kappa shape index (κ2) is 8.60. The maximum Gasteiger partial charge on any atom is 0.252 e. The van der Waals surface area contributed by atoms with Crippen LogP contribution in [0.5, 0.6) is 0 Å². The number of hydrogen-bond acceptors (Lipinski definition) is 5. The summed E-state index contributed by atoms with van der Waals surface area (Å²) in [7, 11) is 0.664. The van der Waals surface area contributed by atoms with Crippen molar-refractivity contribution in [3.8, 4) is 0 Å². The second-order valence-electron chi connectivity index (χ2n) is 5.69. The predicted octanol–water partition coefficient (Wildman–Crippen LogP) is 2.80. The molecule has 24 heavy (non-hydrogen) atoms. The third-order valence-corrected chi connectivity index (χ3v) is 6.99. The van der Waals surface area contributed by atoms with Crippen LogP contribution in [-0.4, -0.2) is 43.2 Å². The van der Waals surface area contributed by atoms with E-state index in [9.17, 15) is 8.42 Å². The lowest BCUT2D eigenvalue weighted by molar-refractivity contribution is 0.378. The molecule has 0 fully saturated rings. The van der Waals surface area contributed by atoms with E-state index in [0.717, 1.165) is 18.5 Å². The number of aromatic nitrogens is 1. The van der Waals surface area contributed by atoms with Gasteiger partial charge in [-0.25, -0.2) is 8.42 Å². The highest BCUT2D eigenvalue weighted by Crippen LogP contribution is 2.28. The van der Waals surface area contributed by atoms with Gasteiger partial charge in [0, 0.05) is 32.0 Å². The number of sulfonamides is 1. The lowest BCUT2D eigenvalue weighted by Crippen LogP contribution is -2.36. The van der Waals surface area contributed by atoms with Crippen molar-refractivity contribution in [2.24, 2.45) is 0 Å². The minimum absolute atomic E-state index is 0. The Bertz CT molecular complexity index is 765. The van der Waals surface area contributed by atoms with Crippen LogP contribution in [-0.2, 0) is 29.5 Å². The summed E-state index contributed by atoms with van der Waals surface area (Å²) in [4.78, 5) is 6.39. The predicted molar refractivity (Wildman–Crippen MR) is 102 cm³/mol. The number of pyridine rings is 1. The fraction of sp³-hybridized carbons (Fsp3) is 0.400. The minimum Gasteiger partial charge on any atom is -0.305 e. The van der Waals surface area contributed by atoms with Crippen LogP contribution in [0, 0.1) is 0 Å². The highest BCUT2D eigenvalue weighted by Gasteiger charge is 2.30. The zero-order chi connectivity index (χ0) is 15.7. The Labute approximate surface area is 159 Å². The Morgan fingerprint density at radius 2 is 2.04 bits per heavy atom. The molecule has 0 bridgehead atoms. The molecule has 1 aliphatic heterocycles. The third kappa shape index (κ3) is 4.28. The molecule has 0 unspecified atom stereocenters. The quantitative estimate of drug-likeness (QED) is 0.778. The van der Waals surface area contributed by atoms with E-state index in [2.05, 4.69) is 9.88 Å². The third-order valence-electron chi connectivity index (χ3n) is 3.77. The van der Waals surface area contributed by atoms with Gasteiger partial charge < -0.3 is 4.90 Å². The van der Waals surface area contributed by atoms with Gasteiger partial charge in [-0.3, -0.25) is 4.98 Å². The van der Waals surface area contributed by atoms with Crippen LogP contribution in [0.25, 0.3) is 0 Å². The normalized spacial score (nSPS) is 14.6. The van der Waals surface area contributed by atoms with Gasteiger partial charge in [0.15, 0.2) is 0 Å². The Morgan fingerprint density at radius 1 is 1.29 bits per heavy atom. The Kier molecular flexibility index (Phi) is 7.65. The molecule has 134 valence electrons. The van der Waals surface area contributed by atoms with Gasteiger partial charge >= 0.3 is 0 Å². The maximum atomic E-state index is 12.6. The molecule has 9 heteroatoms. The Morgan fingerprint density at radius 3 is 2.67 bits per heavy atom. The molecule has 0 radical (unpaired) electrons. The summed E-state index contributed by atoms with van der Waals surface area (Å²) in [6.45, 7) is 1.76. The van der Waals surface area contributed by atoms with Crippen LogP contribution in [0.4, 0.5) is 0 Å². The Balaban J connectivity index is 0.00000144. The lowest BCUT2D eigenvalue weighted by Gasteiger charge is -2.29. The number of halogens is 2. The van der Waals surface area contributed by atoms with E-state index in [1.807, 2.05) is 20.3 Å². The minimum atomic E-state index is -3.38. The van der Waals surface area contributed by atoms with E-state index in [1.165, 1.54) is 22.5 Å². The smallest absolute Gasteiger partial charge is 0.252 e. The number of hydrogen-bond donors (Lipinski definition) is 0. The summed E-state index contributed by atoms with van der Waals surface area (Å²) in [6, 6.07) is 3.43. The number of rotatable bonds is 4. The van der Waals surface area contributed by atoms with E-state index in [4.69, 9.17) is 0 Å². The lowest BCUT2D eigenvalue weighted by atomic mass is 9.98. The molecule has 3 heterocycles. The summed E-state index contributed by atoms with van der Waals surface area (Å²) in [5.41, 5.74) is 3.46. The highest BCUT2D eigenvalue weighted by atomic mass is 35.5. The first-order valence-electron chi connectivity index (χ1n) is 7.11. The summed E-state index contributed by atoms with van der Waals surface area (Å²) < 4.78 is 27.2. The fourth-order valence-corrected chi connectivity index (χ4v) is 5.33. The maximum absolute atomic E-state index is 12.6. The van der Waals surface area contributed by atoms with Gasteiger partial charge in [0.25, 0.3) is 10.0 Å². The average Bonchev–Trinajstić information content (AvgIpc) is 3.01. The standard InChI is InChI=1S/C15H19N3O2S2.2ClH/c1-17(2)10-12-8-16-9-13-11-18(6-5-14(12)13)22(19,20)15-4-3-7-21-15;;/h3-4,7-9H,5-6,10-11H2,1-2H3;2*1H. The molecule has 0 saturated carbocycles. The van der Waals surface area contributed by atoms with E-state index < -0.39 is 10.0 Å². The van der Waals surface area contributed by atoms with Gasteiger partial charge in [0.2, 0.25) is 0 Å². The number of fused-ring (bicyclic) bond motifs is 1. The van der Waals surface area contributed by atoms with Crippen molar-refractivity contribution in [3.05, 3.63) is 46.6 Å². The number of nitrogens with zero attached hydrogens (tertiary/aromatic N) is 3. The fourth-order valence-electron chi connectivity index (χ4n) is 2.76. The van der Waals surface area contributed by atoms with Crippen LogP contribution in [0.3, 0.4) is 0 Å². The van der Waals surface area contributed by atoms with Crippen LogP contribution in [0.2, 0.25) is 0 Å². The van der Waals surface area contributed by atoms with Crippen molar-refractivity contribution in [1.82, 2.24) is 14.2 Å². The van der Waals surface area contributed by atoms with E-state index in [-0.39, 0.29) is 24.8 Å². The van der Waals surface area contributed by atoms with Gasteiger partial charge in [0.1, 0.15) is 4.21 Å². The van der Waals surface area contributed by atoms with Gasteiger partial charge in [-0.2, -0.15) is 4.31 Å². The van der Waals surface area contributed by atoms with Crippen molar-refractivity contribution >= 4 is 46.2 Å². The summed E-state index contributed by atoms with van der Waals surface area (Å²) in [6.07, 6.45) is 4.43. The highest BCUT2D eigenvalue weighted by molar-refractivity contribution is 7.91. The zero-order valence-electron chi connectivity index (χ0n) is 13.5. The SMILES string of the molecule is CN(C)Cc1cncc2c1CCN(S(=O)(=O)c1cccs1)C2.Cl.Cl. The molecule has 0 N–H and O–H groups in total. The molecule has 0 aromatic carbocycles. The topological polar surface area (TPSA) is 53.5 Å². The van der Waals surface area contributed by atoms with E-state index in [0.29, 0.717) is 17.3 Å². The molecule has 3 rings (SSSR count). The molecule has 0 aliphatic carbocycles. The summed E-state index contributed by atoms with van der Waals surface area (Å²) >= 11 is 1.26. The van der Waals surface area contributed by atoms with Gasteiger partial charge in [0.05, 0.1) is 0 Å². The van der Waals surface area contributed by atoms with Crippen molar-refractivity contribution < 1.29 is 8.42 Å². The van der Waals surface area contributed by atoms with Crippen LogP contribution in [0.1, 0.15) is 16.7 Å². The molecule has 1 aliphatic rings. The molecule has 2 aromatic heterocycles. The molecule has 5 nitrogen and oxygen atoms in total. The van der Waals surface area contributed by atoms with Crippen LogP contribution >= 0.6 is 36.2 Å². The zero-order valence-corrected chi connectivity index (χ0v) is 16.8. The molecular formula is C15H21Cl2N3O2S2. The van der Waals surface area contributed by atoms with Gasteiger partial charge in [-0.1, -0.05) is 6.07 Å². The van der Waals surface area contributed by atoms with Crippen LogP contribution < -0.4 is 0 Å². The first-order chi connectivity index (χ1) is 10.5. The first kappa shape index (κ1) is 21.3. The van der Waals surface area contributed by atoms with Crippen molar-refractivity contribution in [3.63, 3.8) is 0 Å². The second-order valence-corrected chi connectivity index (χ2v) is 8.81. The molecule has 0 amide bonds. The monoisotopic (exact) mass is 409 g/mol. The van der Waals surface area contributed by atoms with Crippen molar-refractivity contribution in [2.75, 3.05) is 20.6 Å². The molecule has 0 saturated heterocycles. The molecule has 0 spiro atoms.